The number of hydrogen-bond acceptors (Lipinski definition) is 4. The average Bonchev–Trinajstić information content (AvgIpc) is 2.51. The smallest absolute Gasteiger partial charge is 0.260 e. The van der Waals surface area contributed by atoms with Crippen molar-refractivity contribution >= 4 is 22.9 Å². The number of hydrogen-bond donors (Lipinski definition) is 8. The fraction of sp³-hybridized carbons (Fsp3) is 1.00. The van der Waals surface area contributed by atoms with Crippen molar-refractivity contribution in [2.75, 3.05) is 49.3 Å². The first-order valence-corrected chi connectivity index (χ1v) is 11.4. The SMILES string of the molecule is CNP(=N[P+](N)(N=P(NC)(NC)NC)NC)(NC)NC. The molecule has 0 saturated carbocycles. The first-order valence-electron chi connectivity index (χ1n) is 6.12. The quantitative estimate of drug-likeness (QED) is 0.274. The summed E-state index contributed by atoms with van der Waals surface area (Å²) in [6.07, 6.45) is 0. The van der Waals surface area contributed by atoms with Crippen molar-refractivity contribution in [3.05, 3.63) is 0 Å². The van der Waals surface area contributed by atoms with E-state index < -0.39 is 22.9 Å². The van der Waals surface area contributed by atoms with E-state index >= 15 is 0 Å². The lowest BCUT2D eigenvalue weighted by Gasteiger charge is -2.25. The van der Waals surface area contributed by atoms with Gasteiger partial charge in [-0.25, -0.2) is 0 Å². The molecule has 0 bridgehead atoms. The molecule has 20 heavy (non-hydrogen) atoms. The Bertz CT molecular complexity index is 326. The third-order valence-corrected chi connectivity index (χ3v) is 11.7. The number of rotatable bonds is 9. The van der Waals surface area contributed by atoms with Gasteiger partial charge in [0.2, 0.25) is 15.0 Å². The first-order chi connectivity index (χ1) is 9.34. The van der Waals surface area contributed by atoms with E-state index in [0.29, 0.717) is 0 Å². The fourth-order valence-corrected chi connectivity index (χ4v) is 9.40. The Kier molecular flexibility index (Phi) is 9.13. The molecule has 0 aromatic carbocycles. The van der Waals surface area contributed by atoms with Crippen LogP contribution in [0.25, 0.3) is 0 Å². The molecular weight excluding hydrogens is 317 g/mol. The highest BCUT2D eigenvalue weighted by molar-refractivity contribution is 7.81. The van der Waals surface area contributed by atoms with Gasteiger partial charge in [-0.05, 0) is 51.3 Å². The van der Waals surface area contributed by atoms with Crippen LogP contribution in [0.3, 0.4) is 0 Å². The minimum absolute atomic E-state index is 1.77. The van der Waals surface area contributed by atoms with Gasteiger partial charge in [0, 0.05) is 7.05 Å². The predicted molar refractivity (Wildman–Crippen MR) is 93.2 cm³/mol. The highest BCUT2D eigenvalue weighted by Crippen LogP contribution is 2.62. The van der Waals surface area contributed by atoms with Crippen molar-refractivity contribution in [2.45, 2.75) is 0 Å². The van der Waals surface area contributed by atoms with Crippen LogP contribution in [0.15, 0.2) is 9.03 Å². The van der Waals surface area contributed by atoms with Crippen molar-refractivity contribution in [3.8, 4) is 0 Å². The molecule has 122 valence electrons. The van der Waals surface area contributed by atoms with Crippen LogP contribution in [-0.4, -0.2) is 49.3 Å². The van der Waals surface area contributed by atoms with Crippen molar-refractivity contribution in [2.24, 2.45) is 14.5 Å². The molecule has 0 aromatic rings. The lowest BCUT2D eigenvalue weighted by atomic mass is 11.6. The van der Waals surface area contributed by atoms with Crippen LogP contribution in [-0.2, 0) is 0 Å². The molecule has 0 saturated heterocycles. The Labute approximate surface area is 123 Å². The van der Waals surface area contributed by atoms with Crippen molar-refractivity contribution in [3.63, 3.8) is 0 Å². The zero-order valence-electron chi connectivity index (χ0n) is 13.3. The lowest BCUT2D eigenvalue weighted by molar-refractivity contribution is 1.03. The third-order valence-electron chi connectivity index (χ3n) is 2.81. The maximum atomic E-state index is 6.41. The molecule has 10 nitrogen and oxygen atoms in total. The van der Waals surface area contributed by atoms with Crippen molar-refractivity contribution in [1.29, 1.82) is 0 Å². The molecule has 0 radical (unpaired) electrons. The molecule has 0 unspecified atom stereocenters. The van der Waals surface area contributed by atoms with E-state index in [4.69, 9.17) is 14.5 Å². The zero-order valence-corrected chi connectivity index (χ0v) is 16.0. The van der Waals surface area contributed by atoms with Crippen LogP contribution in [0.5, 0.6) is 0 Å². The predicted octanol–water partition coefficient (Wildman–Crippen LogP) is 0.0509. The topological polar surface area (TPSA) is 135 Å². The number of nitrogens with one attached hydrogen (secondary N) is 7. The number of nitrogens with zero attached hydrogens (tertiary/aromatic N) is 2. The van der Waals surface area contributed by atoms with Crippen LogP contribution in [0, 0.1) is 0 Å². The van der Waals surface area contributed by atoms with E-state index in [2.05, 4.69) is 35.6 Å². The van der Waals surface area contributed by atoms with Gasteiger partial charge >= 0.3 is 7.87 Å². The van der Waals surface area contributed by atoms with Crippen molar-refractivity contribution in [1.82, 2.24) is 35.6 Å². The van der Waals surface area contributed by atoms with Crippen LogP contribution < -0.4 is 41.1 Å². The summed E-state index contributed by atoms with van der Waals surface area (Å²) < 4.78 is 9.48. The van der Waals surface area contributed by atoms with Gasteiger partial charge in [0.25, 0.3) is 0 Å². The van der Waals surface area contributed by atoms with Gasteiger partial charge in [0.05, 0.1) is 0 Å². The van der Waals surface area contributed by atoms with Gasteiger partial charge in [-0.3, -0.25) is 30.5 Å². The molecule has 0 rings (SSSR count). The Morgan fingerprint density at radius 1 is 0.650 bits per heavy atom. The van der Waals surface area contributed by atoms with Gasteiger partial charge < -0.3 is 0 Å². The molecule has 0 atom stereocenters. The largest absolute Gasteiger partial charge is 0.396 e. The van der Waals surface area contributed by atoms with E-state index in [0.717, 1.165) is 0 Å². The molecule has 0 aliphatic rings. The molecular formula is C7H30N10P3+. The summed E-state index contributed by atoms with van der Waals surface area (Å²) in [7, 11) is 5.97. The molecule has 9 N–H and O–H groups in total. The Hall–Kier alpha value is 0.570. The molecule has 13 heteroatoms. The molecule has 0 amide bonds. The highest BCUT2D eigenvalue weighted by atomic mass is 31.3. The molecule has 0 heterocycles. The van der Waals surface area contributed by atoms with E-state index in [1.165, 1.54) is 0 Å². The monoisotopic (exact) mass is 347 g/mol. The first kappa shape index (κ1) is 20.6. The molecule has 0 aliphatic carbocycles. The molecule has 0 spiro atoms. The van der Waals surface area contributed by atoms with Crippen LogP contribution >= 0.6 is 22.9 Å². The van der Waals surface area contributed by atoms with Crippen LogP contribution in [0.2, 0.25) is 0 Å². The van der Waals surface area contributed by atoms with E-state index in [-0.39, 0.29) is 0 Å². The second kappa shape index (κ2) is 8.88. The Morgan fingerprint density at radius 3 is 1.05 bits per heavy atom. The molecule has 0 aliphatic heterocycles. The third kappa shape index (κ3) is 5.09. The van der Waals surface area contributed by atoms with Crippen molar-refractivity contribution < 1.29 is 0 Å². The van der Waals surface area contributed by atoms with E-state index in [9.17, 15) is 0 Å². The maximum Gasteiger partial charge on any atom is 0.396 e. The normalized spacial score (nSPS) is 13.4. The van der Waals surface area contributed by atoms with E-state index in [1.807, 2.05) is 42.3 Å². The Balaban J connectivity index is 5.96. The van der Waals surface area contributed by atoms with Crippen LogP contribution in [0.4, 0.5) is 0 Å². The summed E-state index contributed by atoms with van der Waals surface area (Å²) in [5, 5.41) is 22.1. The van der Waals surface area contributed by atoms with Gasteiger partial charge in [0.15, 0.2) is 0 Å². The fourth-order valence-electron chi connectivity index (χ4n) is 1.46. The van der Waals surface area contributed by atoms with Gasteiger partial charge in [-0.15, -0.1) is 10.6 Å². The summed E-state index contributed by atoms with van der Waals surface area (Å²) in [6, 6.07) is 0. The Morgan fingerprint density at radius 2 is 0.900 bits per heavy atom. The summed E-state index contributed by atoms with van der Waals surface area (Å²) in [6.45, 7) is 0. The highest BCUT2D eigenvalue weighted by Gasteiger charge is 2.39. The molecule has 0 aromatic heterocycles. The maximum absolute atomic E-state index is 6.41. The minimum atomic E-state index is -2.57. The standard InChI is InChI=1S/C7H30N10P3/c1-9-18(8,16-19(10-2,11-3)12-4)17-20(13-5,14-6)15-7/h9-15H,8H2,1-7H3/q+1. The zero-order chi connectivity index (χ0) is 15.9. The van der Waals surface area contributed by atoms with Crippen LogP contribution in [0.1, 0.15) is 0 Å². The summed E-state index contributed by atoms with van der Waals surface area (Å²) in [5.74, 6) is 0. The lowest BCUT2D eigenvalue weighted by Crippen LogP contribution is -2.29. The minimum Gasteiger partial charge on any atom is -0.260 e. The average molecular weight is 347 g/mol. The second-order valence-corrected chi connectivity index (χ2v) is 12.1. The van der Waals surface area contributed by atoms with Gasteiger partial charge in [-0.1, -0.05) is 0 Å². The summed E-state index contributed by atoms with van der Waals surface area (Å²) in [5.41, 5.74) is 6.41. The second-order valence-electron chi connectivity index (χ2n) is 3.66. The summed E-state index contributed by atoms with van der Waals surface area (Å²) >= 11 is 0. The summed E-state index contributed by atoms with van der Waals surface area (Å²) in [4.78, 5) is 0. The van der Waals surface area contributed by atoms with Gasteiger partial charge in [0.1, 0.15) is 0 Å². The van der Waals surface area contributed by atoms with Gasteiger partial charge in [-0.2, -0.15) is 0 Å². The number of nitrogens with two attached hydrogens (primary N) is 1. The molecule has 0 fully saturated rings. The van der Waals surface area contributed by atoms with E-state index in [1.54, 1.807) is 7.05 Å².